The van der Waals surface area contributed by atoms with Gasteiger partial charge in [-0.05, 0) is 49.4 Å². The molecule has 1 aromatic rings. The van der Waals surface area contributed by atoms with Gasteiger partial charge in [0.15, 0.2) is 0 Å². The van der Waals surface area contributed by atoms with Crippen molar-refractivity contribution in [1.29, 1.82) is 0 Å². The number of aliphatic hydroxyl groups excluding tert-OH is 1. The van der Waals surface area contributed by atoms with Crippen LogP contribution in [0.4, 0.5) is 0 Å². The van der Waals surface area contributed by atoms with Crippen molar-refractivity contribution in [3.63, 3.8) is 0 Å². The molecule has 0 radical (unpaired) electrons. The number of hydrogen-bond acceptors (Lipinski definition) is 2. The monoisotopic (exact) mass is 206 g/mol. The van der Waals surface area contributed by atoms with Crippen LogP contribution in [0.5, 0.6) is 5.75 Å². The molecule has 1 saturated carbocycles. The van der Waals surface area contributed by atoms with Crippen molar-refractivity contribution in [3.8, 4) is 5.75 Å². The first-order valence-corrected chi connectivity index (χ1v) is 5.40. The zero-order valence-corrected chi connectivity index (χ0v) is 9.63. The number of ether oxygens (including phenoxy) is 1. The second-order valence-corrected chi connectivity index (χ2v) is 4.50. The molecule has 0 unspecified atom stereocenters. The van der Waals surface area contributed by atoms with Crippen LogP contribution in [-0.4, -0.2) is 18.8 Å². The summed E-state index contributed by atoms with van der Waals surface area (Å²) in [6.45, 7) is 4.45. The van der Waals surface area contributed by atoms with Gasteiger partial charge in [-0.2, -0.15) is 0 Å². The van der Waals surface area contributed by atoms with Gasteiger partial charge in [0.1, 0.15) is 5.75 Å². The first-order valence-electron chi connectivity index (χ1n) is 5.40. The molecule has 0 saturated heterocycles. The molecular formula is C13H18O2. The highest BCUT2D eigenvalue weighted by Gasteiger charge is 2.44. The maximum Gasteiger partial charge on any atom is 0.122 e. The minimum Gasteiger partial charge on any atom is -0.496 e. The molecule has 0 aliphatic heterocycles. The standard InChI is InChI=1S/C13H18O2/c1-9-10(2)12(15-3)5-4-11(9)13(8-14)6-7-13/h4-5,14H,6-8H2,1-3H3. The van der Waals surface area contributed by atoms with Gasteiger partial charge in [-0.1, -0.05) is 6.07 Å². The number of rotatable bonds is 3. The van der Waals surface area contributed by atoms with E-state index in [1.165, 1.54) is 16.7 Å². The van der Waals surface area contributed by atoms with Crippen molar-refractivity contribution in [2.45, 2.75) is 32.1 Å². The summed E-state index contributed by atoms with van der Waals surface area (Å²) in [5, 5.41) is 9.42. The highest BCUT2D eigenvalue weighted by Crippen LogP contribution is 2.49. The predicted molar refractivity (Wildman–Crippen MR) is 60.5 cm³/mol. The van der Waals surface area contributed by atoms with E-state index in [1.807, 2.05) is 6.07 Å². The summed E-state index contributed by atoms with van der Waals surface area (Å²) in [5.74, 6) is 0.935. The largest absolute Gasteiger partial charge is 0.496 e. The van der Waals surface area contributed by atoms with Crippen molar-refractivity contribution < 1.29 is 9.84 Å². The quantitative estimate of drug-likeness (QED) is 0.822. The van der Waals surface area contributed by atoms with Crippen LogP contribution in [0.25, 0.3) is 0 Å². The Hall–Kier alpha value is -1.02. The fourth-order valence-corrected chi connectivity index (χ4v) is 2.25. The van der Waals surface area contributed by atoms with E-state index >= 15 is 0 Å². The minimum absolute atomic E-state index is 0.0567. The normalized spacial score (nSPS) is 17.6. The molecule has 1 aromatic carbocycles. The van der Waals surface area contributed by atoms with Crippen LogP contribution in [-0.2, 0) is 5.41 Å². The molecule has 15 heavy (non-hydrogen) atoms. The van der Waals surface area contributed by atoms with Gasteiger partial charge in [-0.25, -0.2) is 0 Å². The van der Waals surface area contributed by atoms with E-state index in [1.54, 1.807) is 7.11 Å². The number of benzene rings is 1. The van der Waals surface area contributed by atoms with E-state index in [2.05, 4.69) is 19.9 Å². The number of methoxy groups -OCH3 is 1. The molecule has 0 aromatic heterocycles. The Bertz CT molecular complexity index is 378. The Morgan fingerprint density at radius 1 is 1.27 bits per heavy atom. The van der Waals surface area contributed by atoms with E-state index < -0.39 is 0 Å². The number of aliphatic hydroxyl groups is 1. The summed E-state index contributed by atoms with van der Waals surface area (Å²) in [6.07, 6.45) is 2.21. The summed E-state index contributed by atoms with van der Waals surface area (Å²) in [5.41, 5.74) is 3.81. The van der Waals surface area contributed by atoms with Gasteiger partial charge in [0.25, 0.3) is 0 Å². The Morgan fingerprint density at radius 2 is 1.93 bits per heavy atom. The Labute approximate surface area is 90.9 Å². The van der Waals surface area contributed by atoms with Gasteiger partial charge in [-0.3, -0.25) is 0 Å². The summed E-state index contributed by atoms with van der Waals surface area (Å²) in [6, 6.07) is 4.11. The van der Waals surface area contributed by atoms with Crippen molar-refractivity contribution in [3.05, 3.63) is 28.8 Å². The maximum absolute atomic E-state index is 9.42. The van der Waals surface area contributed by atoms with E-state index in [0.29, 0.717) is 0 Å². The third-order valence-electron chi connectivity index (χ3n) is 3.68. The minimum atomic E-state index is 0.0567. The maximum atomic E-state index is 9.42. The van der Waals surface area contributed by atoms with Crippen LogP contribution in [0.1, 0.15) is 29.5 Å². The zero-order chi connectivity index (χ0) is 11.1. The van der Waals surface area contributed by atoms with Crippen molar-refractivity contribution in [2.24, 2.45) is 0 Å². The smallest absolute Gasteiger partial charge is 0.122 e. The Morgan fingerprint density at radius 3 is 2.40 bits per heavy atom. The predicted octanol–water partition coefficient (Wildman–Crippen LogP) is 2.34. The van der Waals surface area contributed by atoms with Crippen molar-refractivity contribution in [2.75, 3.05) is 13.7 Å². The second kappa shape index (κ2) is 3.53. The van der Waals surface area contributed by atoms with E-state index in [0.717, 1.165) is 18.6 Å². The molecule has 0 amide bonds. The molecule has 0 atom stereocenters. The van der Waals surface area contributed by atoms with Gasteiger partial charge in [0.05, 0.1) is 13.7 Å². The van der Waals surface area contributed by atoms with E-state index in [-0.39, 0.29) is 12.0 Å². The Balaban J connectivity index is 2.47. The molecule has 0 spiro atoms. The fourth-order valence-electron chi connectivity index (χ4n) is 2.25. The van der Waals surface area contributed by atoms with Gasteiger partial charge in [-0.15, -0.1) is 0 Å². The van der Waals surface area contributed by atoms with Crippen LogP contribution < -0.4 is 4.74 Å². The first kappa shape index (κ1) is 10.5. The molecule has 1 aliphatic carbocycles. The molecule has 1 aliphatic rings. The Kier molecular flexibility index (Phi) is 2.47. The van der Waals surface area contributed by atoms with E-state index in [4.69, 9.17) is 4.74 Å². The summed E-state index contributed by atoms with van der Waals surface area (Å²) in [7, 11) is 1.69. The lowest BCUT2D eigenvalue weighted by Gasteiger charge is -2.18. The number of hydrogen-bond donors (Lipinski definition) is 1. The van der Waals surface area contributed by atoms with Crippen LogP contribution in [0.2, 0.25) is 0 Å². The summed E-state index contributed by atoms with van der Waals surface area (Å²) >= 11 is 0. The molecule has 2 nitrogen and oxygen atoms in total. The van der Waals surface area contributed by atoms with E-state index in [9.17, 15) is 5.11 Å². The summed E-state index contributed by atoms with van der Waals surface area (Å²) in [4.78, 5) is 0. The van der Waals surface area contributed by atoms with Crippen LogP contribution in [0.3, 0.4) is 0 Å². The SMILES string of the molecule is COc1ccc(C2(CO)CC2)c(C)c1C. The second-order valence-electron chi connectivity index (χ2n) is 4.50. The van der Waals surface area contributed by atoms with Gasteiger partial charge in [0.2, 0.25) is 0 Å². The highest BCUT2D eigenvalue weighted by molar-refractivity contribution is 5.48. The van der Waals surface area contributed by atoms with Gasteiger partial charge < -0.3 is 9.84 Å². The molecule has 82 valence electrons. The first-order chi connectivity index (χ1) is 7.14. The lowest BCUT2D eigenvalue weighted by Crippen LogP contribution is -2.14. The van der Waals surface area contributed by atoms with Crippen LogP contribution in [0.15, 0.2) is 12.1 Å². The molecule has 2 rings (SSSR count). The van der Waals surface area contributed by atoms with Gasteiger partial charge >= 0.3 is 0 Å². The molecule has 2 heteroatoms. The average molecular weight is 206 g/mol. The molecule has 0 heterocycles. The summed E-state index contributed by atoms with van der Waals surface area (Å²) < 4.78 is 5.29. The van der Waals surface area contributed by atoms with Crippen LogP contribution in [0, 0.1) is 13.8 Å². The van der Waals surface area contributed by atoms with Crippen molar-refractivity contribution >= 4 is 0 Å². The molecule has 1 N–H and O–H groups in total. The topological polar surface area (TPSA) is 29.5 Å². The van der Waals surface area contributed by atoms with Crippen molar-refractivity contribution in [1.82, 2.24) is 0 Å². The zero-order valence-electron chi connectivity index (χ0n) is 9.63. The molecule has 1 fully saturated rings. The third-order valence-corrected chi connectivity index (χ3v) is 3.68. The van der Waals surface area contributed by atoms with Gasteiger partial charge in [0, 0.05) is 5.41 Å². The highest BCUT2D eigenvalue weighted by atomic mass is 16.5. The third kappa shape index (κ3) is 1.53. The lowest BCUT2D eigenvalue weighted by molar-refractivity contribution is 0.254. The molecular weight excluding hydrogens is 188 g/mol. The fraction of sp³-hybridized carbons (Fsp3) is 0.538. The lowest BCUT2D eigenvalue weighted by atomic mass is 9.90. The van der Waals surface area contributed by atoms with Crippen LogP contribution >= 0.6 is 0 Å². The average Bonchev–Trinajstić information content (AvgIpc) is 3.03. The molecule has 0 bridgehead atoms.